The fourth-order valence-electron chi connectivity index (χ4n) is 3.78. The van der Waals surface area contributed by atoms with Crippen LogP contribution < -0.4 is 10.2 Å². The molecule has 1 N–H and O–H groups in total. The van der Waals surface area contributed by atoms with Crippen LogP contribution in [0.15, 0.2) is 60.3 Å². The van der Waals surface area contributed by atoms with Gasteiger partial charge in [-0.05, 0) is 42.4 Å². The third-order valence-corrected chi connectivity index (χ3v) is 5.65. The maximum Gasteiger partial charge on any atom is 0.325 e. The lowest BCUT2D eigenvalue weighted by atomic mass is 10.0. The van der Waals surface area contributed by atoms with E-state index in [4.69, 9.17) is 17.0 Å². The molecule has 2 heterocycles. The second kappa shape index (κ2) is 8.76. The van der Waals surface area contributed by atoms with Crippen LogP contribution in [0, 0.1) is 0 Å². The molecule has 8 heteroatoms. The first-order chi connectivity index (χ1) is 15.4. The van der Waals surface area contributed by atoms with Gasteiger partial charge >= 0.3 is 5.97 Å². The highest BCUT2D eigenvalue weighted by molar-refractivity contribution is 7.80. The average Bonchev–Trinajstić information content (AvgIpc) is 3.14. The summed E-state index contributed by atoms with van der Waals surface area (Å²) in [5, 5.41) is 3.48. The molecule has 0 bridgehead atoms. The Bertz CT molecular complexity index is 1290. The van der Waals surface area contributed by atoms with E-state index < -0.39 is 17.8 Å². The number of fused-ring (bicyclic) bond motifs is 1. The quantitative estimate of drug-likeness (QED) is 0.281. The lowest BCUT2D eigenvalue weighted by Crippen LogP contribution is -2.54. The summed E-state index contributed by atoms with van der Waals surface area (Å²) in [7, 11) is 1.33. The van der Waals surface area contributed by atoms with Crippen molar-refractivity contribution in [2.75, 3.05) is 12.0 Å². The van der Waals surface area contributed by atoms with Gasteiger partial charge in [0.15, 0.2) is 5.11 Å². The molecule has 1 aliphatic rings. The molecule has 0 aliphatic carbocycles. The minimum atomic E-state index is -0.560. The van der Waals surface area contributed by atoms with Crippen molar-refractivity contribution in [3.05, 3.63) is 71.4 Å². The fraction of sp³-hybridized carbons (Fsp3) is 0.167. The highest BCUT2D eigenvalue weighted by atomic mass is 32.1. The van der Waals surface area contributed by atoms with E-state index in [9.17, 15) is 14.4 Å². The molecule has 3 aromatic rings. The Kier molecular flexibility index (Phi) is 5.87. The Morgan fingerprint density at radius 2 is 1.84 bits per heavy atom. The van der Waals surface area contributed by atoms with Gasteiger partial charge in [-0.3, -0.25) is 24.6 Å². The van der Waals surface area contributed by atoms with E-state index in [1.54, 1.807) is 16.8 Å². The van der Waals surface area contributed by atoms with Crippen molar-refractivity contribution in [2.45, 2.75) is 19.9 Å². The highest BCUT2D eigenvalue weighted by Gasteiger charge is 2.35. The van der Waals surface area contributed by atoms with Gasteiger partial charge in [-0.25, -0.2) is 0 Å². The summed E-state index contributed by atoms with van der Waals surface area (Å²) in [5.74, 6) is -1.45. The van der Waals surface area contributed by atoms with Crippen LogP contribution in [0.4, 0.5) is 5.69 Å². The van der Waals surface area contributed by atoms with Gasteiger partial charge in [0.2, 0.25) is 0 Å². The van der Waals surface area contributed by atoms with E-state index in [1.165, 1.54) is 18.1 Å². The van der Waals surface area contributed by atoms with Crippen molar-refractivity contribution < 1.29 is 19.1 Å². The molecule has 0 atom stereocenters. The molecule has 1 saturated heterocycles. The summed E-state index contributed by atoms with van der Waals surface area (Å²) in [6.45, 7) is 2.00. The zero-order valence-corrected chi connectivity index (χ0v) is 18.4. The van der Waals surface area contributed by atoms with Gasteiger partial charge in [-0.15, -0.1) is 0 Å². The van der Waals surface area contributed by atoms with Gasteiger partial charge < -0.3 is 9.30 Å². The first-order valence-electron chi connectivity index (χ1n) is 10.1. The summed E-state index contributed by atoms with van der Waals surface area (Å²) in [6.07, 6.45) is 3.97. The van der Waals surface area contributed by atoms with E-state index in [0.29, 0.717) is 17.7 Å². The minimum absolute atomic E-state index is 0.0143. The van der Waals surface area contributed by atoms with Crippen LogP contribution in [0.3, 0.4) is 0 Å². The maximum atomic E-state index is 13.4. The molecule has 162 valence electrons. The number of esters is 1. The van der Waals surface area contributed by atoms with Crippen LogP contribution in [0.2, 0.25) is 0 Å². The number of thiocarbonyl (C=S) groups is 1. The third-order valence-electron chi connectivity index (χ3n) is 5.36. The molecule has 0 radical (unpaired) electrons. The molecule has 4 rings (SSSR count). The Morgan fingerprint density at radius 3 is 2.59 bits per heavy atom. The molecule has 1 aromatic heterocycles. The van der Waals surface area contributed by atoms with Crippen molar-refractivity contribution >= 4 is 57.8 Å². The lowest BCUT2D eigenvalue weighted by molar-refractivity contribution is -0.141. The number of carbonyl (C=O) groups excluding carboxylic acids is 3. The van der Waals surface area contributed by atoms with E-state index in [0.717, 1.165) is 16.5 Å². The highest BCUT2D eigenvalue weighted by Crippen LogP contribution is 2.28. The molecular formula is C24H21N3O4S. The zero-order chi connectivity index (χ0) is 22.8. The second-order valence-corrected chi connectivity index (χ2v) is 7.63. The van der Waals surface area contributed by atoms with E-state index in [2.05, 4.69) is 5.32 Å². The largest absolute Gasteiger partial charge is 0.468 e. The number of nitrogens with one attached hydrogen (secondary N) is 1. The van der Waals surface area contributed by atoms with Crippen LogP contribution in [0.25, 0.3) is 17.0 Å². The van der Waals surface area contributed by atoms with Crippen LogP contribution in [-0.4, -0.2) is 34.6 Å². The van der Waals surface area contributed by atoms with E-state index >= 15 is 0 Å². The summed E-state index contributed by atoms with van der Waals surface area (Å²) in [4.78, 5) is 39.3. The summed E-state index contributed by atoms with van der Waals surface area (Å²) in [6, 6.07) is 14.9. The predicted molar refractivity (Wildman–Crippen MR) is 126 cm³/mol. The number of aryl methyl sites for hydroxylation is 1. The number of aromatic nitrogens is 1. The van der Waals surface area contributed by atoms with Gasteiger partial charge in [0, 0.05) is 22.7 Å². The monoisotopic (exact) mass is 447 g/mol. The number of anilines is 1. The molecule has 7 nitrogen and oxygen atoms in total. The molecule has 0 unspecified atom stereocenters. The molecule has 0 saturated carbocycles. The number of methoxy groups -OCH3 is 1. The number of nitrogens with zero attached hydrogens (tertiary/aromatic N) is 2. The number of para-hydroxylation sites is 2. The smallest absolute Gasteiger partial charge is 0.325 e. The average molecular weight is 448 g/mol. The molecule has 1 aliphatic heterocycles. The topological polar surface area (TPSA) is 80.6 Å². The standard InChI is InChI=1S/C24H21N3O4S/c1-3-15-8-4-6-10-19(15)27-23(30)18(22(29)25-24(27)32)12-16-13-26(14-21(28)31-2)20-11-7-5-9-17(16)20/h4-13H,3,14H2,1-2H3,(H,25,29,32)/b18-12+. The van der Waals surface area contributed by atoms with Crippen molar-refractivity contribution in [1.29, 1.82) is 0 Å². The van der Waals surface area contributed by atoms with Gasteiger partial charge in [0.1, 0.15) is 12.1 Å². The normalized spacial score (nSPS) is 15.4. The van der Waals surface area contributed by atoms with E-state index in [-0.39, 0.29) is 17.2 Å². The maximum absolute atomic E-state index is 13.4. The van der Waals surface area contributed by atoms with Gasteiger partial charge in [-0.1, -0.05) is 43.3 Å². The Morgan fingerprint density at radius 1 is 1.12 bits per heavy atom. The van der Waals surface area contributed by atoms with Gasteiger partial charge in [0.25, 0.3) is 11.8 Å². The molecule has 1 fully saturated rings. The van der Waals surface area contributed by atoms with Crippen LogP contribution >= 0.6 is 12.2 Å². The summed E-state index contributed by atoms with van der Waals surface area (Å²) >= 11 is 5.32. The summed E-state index contributed by atoms with van der Waals surface area (Å²) < 4.78 is 6.51. The van der Waals surface area contributed by atoms with Crippen LogP contribution in [0.1, 0.15) is 18.1 Å². The van der Waals surface area contributed by atoms with Crippen LogP contribution in [-0.2, 0) is 32.1 Å². The summed E-state index contributed by atoms with van der Waals surface area (Å²) in [5.41, 5.74) is 2.97. The second-order valence-electron chi connectivity index (χ2n) is 7.25. The first kappa shape index (κ1) is 21.5. The number of benzene rings is 2. The SMILES string of the molecule is CCc1ccccc1N1C(=O)/C(=C/c2cn(CC(=O)OC)c3ccccc23)C(=O)NC1=S. The van der Waals surface area contributed by atoms with Gasteiger partial charge in [-0.2, -0.15) is 0 Å². The number of rotatable bonds is 5. The molecule has 0 spiro atoms. The van der Waals surface area contributed by atoms with Crippen molar-refractivity contribution in [3.63, 3.8) is 0 Å². The fourth-order valence-corrected chi connectivity index (χ4v) is 4.06. The number of hydrogen-bond acceptors (Lipinski definition) is 5. The number of carbonyl (C=O) groups is 3. The third kappa shape index (κ3) is 3.80. The molecule has 32 heavy (non-hydrogen) atoms. The number of amides is 2. The number of ether oxygens (including phenoxy) is 1. The molecule has 2 amide bonds. The van der Waals surface area contributed by atoms with Crippen molar-refractivity contribution in [1.82, 2.24) is 9.88 Å². The van der Waals surface area contributed by atoms with Gasteiger partial charge in [0.05, 0.1) is 12.8 Å². The van der Waals surface area contributed by atoms with Crippen molar-refractivity contribution in [2.24, 2.45) is 0 Å². The zero-order valence-electron chi connectivity index (χ0n) is 17.6. The Hall–Kier alpha value is -3.78. The minimum Gasteiger partial charge on any atom is -0.468 e. The van der Waals surface area contributed by atoms with Crippen molar-refractivity contribution in [3.8, 4) is 0 Å². The predicted octanol–water partition coefficient (Wildman–Crippen LogP) is 3.21. The Balaban J connectivity index is 1.81. The molecular weight excluding hydrogens is 426 g/mol. The Labute approximate surface area is 190 Å². The lowest BCUT2D eigenvalue weighted by Gasteiger charge is -2.30. The molecule has 2 aromatic carbocycles. The van der Waals surface area contributed by atoms with E-state index in [1.807, 2.05) is 49.4 Å². The first-order valence-corrected chi connectivity index (χ1v) is 10.5. The van der Waals surface area contributed by atoms with Crippen LogP contribution in [0.5, 0.6) is 0 Å². The number of hydrogen-bond donors (Lipinski definition) is 1.